The third kappa shape index (κ3) is 3.48. The van der Waals surface area contributed by atoms with Crippen LogP contribution >= 0.6 is 35.0 Å². The minimum absolute atomic E-state index is 0.104. The third-order valence-corrected chi connectivity index (χ3v) is 5.12. The maximum Gasteiger partial charge on any atom is 0.435 e. The summed E-state index contributed by atoms with van der Waals surface area (Å²) >= 11 is 13.3. The van der Waals surface area contributed by atoms with E-state index in [0.29, 0.717) is 5.56 Å². The molecule has 0 aliphatic carbocycles. The topological polar surface area (TPSA) is 21.6 Å². The fraction of sp³-hybridized carbons (Fsp3) is 0.235. The summed E-state index contributed by atoms with van der Waals surface area (Å²) in [5.74, 6) is 0. The SMILES string of the molecule is CSc1ccc(C2=NOC(c3cc(Cl)cc(Cl)c3)(C(F)(F)F)C2)cc1. The van der Waals surface area contributed by atoms with E-state index >= 15 is 0 Å². The molecule has 0 aromatic heterocycles. The van der Waals surface area contributed by atoms with Gasteiger partial charge in [-0.3, -0.25) is 0 Å². The summed E-state index contributed by atoms with van der Waals surface area (Å²) in [6, 6.07) is 10.9. The number of hydrogen-bond donors (Lipinski definition) is 0. The number of benzene rings is 2. The third-order valence-electron chi connectivity index (χ3n) is 3.94. The fourth-order valence-electron chi connectivity index (χ4n) is 2.63. The number of nitrogens with zero attached hydrogens (tertiary/aromatic N) is 1. The summed E-state index contributed by atoms with van der Waals surface area (Å²) in [5.41, 5.74) is -1.97. The van der Waals surface area contributed by atoms with Gasteiger partial charge in [0.25, 0.3) is 5.60 Å². The molecule has 0 N–H and O–H groups in total. The second-order valence-electron chi connectivity index (χ2n) is 5.52. The Bertz CT molecular complexity index is 803. The highest BCUT2D eigenvalue weighted by molar-refractivity contribution is 7.98. The predicted molar refractivity (Wildman–Crippen MR) is 94.7 cm³/mol. The van der Waals surface area contributed by atoms with Gasteiger partial charge < -0.3 is 4.84 Å². The maximum atomic E-state index is 13.9. The van der Waals surface area contributed by atoms with E-state index in [4.69, 9.17) is 28.0 Å². The lowest BCUT2D eigenvalue weighted by Gasteiger charge is -2.29. The van der Waals surface area contributed by atoms with Crippen LogP contribution in [0, 0.1) is 0 Å². The van der Waals surface area contributed by atoms with Gasteiger partial charge in [-0.05, 0) is 42.2 Å². The van der Waals surface area contributed by atoms with E-state index in [-0.39, 0.29) is 21.3 Å². The molecule has 0 radical (unpaired) electrons. The fourth-order valence-corrected chi connectivity index (χ4v) is 3.56. The Kier molecular flexibility index (Phi) is 4.97. The molecule has 0 fully saturated rings. The van der Waals surface area contributed by atoms with Crippen molar-refractivity contribution in [3.63, 3.8) is 0 Å². The van der Waals surface area contributed by atoms with Crippen LogP contribution in [0.4, 0.5) is 13.2 Å². The van der Waals surface area contributed by atoms with E-state index in [2.05, 4.69) is 5.16 Å². The first kappa shape index (κ1) is 18.4. The summed E-state index contributed by atoms with van der Waals surface area (Å²) in [4.78, 5) is 5.97. The van der Waals surface area contributed by atoms with Gasteiger partial charge in [0, 0.05) is 26.9 Å². The van der Waals surface area contributed by atoms with E-state index < -0.39 is 18.2 Å². The smallest absolute Gasteiger partial charge is 0.374 e. The highest BCUT2D eigenvalue weighted by atomic mass is 35.5. The zero-order valence-electron chi connectivity index (χ0n) is 12.9. The molecular formula is C17H12Cl2F3NOS. The van der Waals surface area contributed by atoms with Gasteiger partial charge in [-0.1, -0.05) is 40.5 Å². The Hall–Kier alpha value is -1.37. The van der Waals surface area contributed by atoms with Gasteiger partial charge in [-0.2, -0.15) is 13.2 Å². The lowest BCUT2D eigenvalue weighted by Crippen LogP contribution is -2.42. The molecule has 8 heteroatoms. The molecule has 0 spiro atoms. The van der Waals surface area contributed by atoms with Gasteiger partial charge in [0.2, 0.25) is 0 Å². The van der Waals surface area contributed by atoms with E-state index in [9.17, 15) is 13.2 Å². The number of thioether (sulfide) groups is 1. The number of oxime groups is 1. The van der Waals surface area contributed by atoms with Crippen molar-refractivity contribution in [2.75, 3.05) is 6.26 Å². The van der Waals surface area contributed by atoms with Crippen LogP contribution in [0.3, 0.4) is 0 Å². The maximum absolute atomic E-state index is 13.9. The minimum atomic E-state index is -4.69. The number of hydrogen-bond acceptors (Lipinski definition) is 3. The Morgan fingerprint density at radius 3 is 2.20 bits per heavy atom. The van der Waals surface area contributed by atoms with Gasteiger partial charge >= 0.3 is 6.18 Å². The molecule has 0 saturated heterocycles. The van der Waals surface area contributed by atoms with Crippen LogP contribution < -0.4 is 0 Å². The van der Waals surface area contributed by atoms with Crippen LogP contribution in [0.25, 0.3) is 0 Å². The first-order valence-electron chi connectivity index (χ1n) is 7.18. The van der Waals surface area contributed by atoms with Crippen molar-refractivity contribution < 1.29 is 18.0 Å². The van der Waals surface area contributed by atoms with E-state index in [1.54, 1.807) is 23.9 Å². The van der Waals surface area contributed by atoms with Crippen LogP contribution in [-0.2, 0) is 10.4 Å². The quantitative estimate of drug-likeness (QED) is 0.558. The lowest BCUT2D eigenvalue weighted by atomic mass is 9.86. The largest absolute Gasteiger partial charge is 0.435 e. The second-order valence-corrected chi connectivity index (χ2v) is 7.27. The normalized spacial score (nSPS) is 20.3. The van der Waals surface area contributed by atoms with Crippen molar-refractivity contribution in [1.29, 1.82) is 0 Å². The first-order valence-corrected chi connectivity index (χ1v) is 9.16. The van der Waals surface area contributed by atoms with Crippen molar-refractivity contribution in [3.05, 3.63) is 63.6 Å². The molecule has 132 valence electrons. The summed E-state index contributed by atoms with van der Waals surface area (Å²) < 4.78 is 41.7. The predicted octanol–water partition coefficient (Wildman–Crippen LogP) is 6.30. The van der Waals surface area contributed by atoms with Gasteiger partial charge in [0.1, 0.15) is 0 Å². The van der Waals surface area contributed by atoms with Crippen LogP contribution in [0.1, 0.15) is 17.5 Å². The van der Waals surface area contributed by atoms with Gasteiger partial charge in [-0.15, -0.1) is 11.8 Å². The Balaban J connectivity index is 2.00. The average molecular weight is 406 g/mol. The number of halogens is 5. The lowest BCUT2D eigenvalue weighted by molar-refractivity contribution is -0.275. The molecule has 1 unspecified atom stereocenters. The molecule has 0 bridgehead atoms. The highest BCUT2D eigenvalue weighted by Crippen LogP contribution is 2.49. The summed E-state index contributed by atoms with van der Waals surface area (Å²) in [7, 11) is 0. The Labute approximate surface area is 156 Å². The Morgan fingerprint density at radius 1 is 1.08 bits per heavy atom. The molecule has 0 saturated carbocycles. The average Bonchev–Trinajstić information content (AvgIpc) is 3.00. The molecule has 1 heterocycles. The van der Waals surface area contributed by atoms with Crippen molar-refractivity contribution >= 4 is 40.7 Å². The van der Waals surface area contributed by atoms with Gasteiger partial charge in [0.05, 0.1) is 5.71 Å². The molecule has 25 heavy (non-hydrogen) atoms. The molecule has 1 atom stereocenters. The molecule has 0 amide bonds. The number of rotatable bonds is 3. The van der Waals surface area contributed by atoms with Crippen LogP contribution in [0.5, 0.6) is 0 Å². The summed E-state index contributed by atoms with van der Waals surface area (Å²) in [5, 5.41) is 3.93. The van der Waals surface area contributed by atoms with E-state index in [0.717, 1.165) is 4.90 Å². The zero-order valence-corrected chi connectivity index (χ0v) is 15.2. The molecule has 2 nitrogen and oxygen atoms in total. The summed E-state index contributed by atoms with van der Waals surface area (Å²) in [6.45, 7) is 0. The zero-order chi connectivity index (χ0) is 18.2. The van der Waals surface area contributed by atoms with Crippen molar-refractivity contribution in [2.24, 2.45) is 5.16 Å². The molecular weight excluding hydrogens is 394 g/mol. The van der Waals surface area contributed by atoms with Crippen LogP contribution in [0.15, 0.2) is 52.5 Å². The second kappa shape index (κ2) is 6.74. The molecule has 2 aromatic carbocycles. The molecule has 1 aliphatic heterocycles. The Morgan fingerprint density at radius 2 is 1.68 bits per heavy atom. The van der Waals surface area contributed by atoms with Gasteiger partial charge in [0.15, 0.2) is 0 Å². The molecule has 3 rings (SSSR count). The summed E-state index contributed by atoms with van der Waals surface area (Å²) in [6.07, 6.45) is -3.22. The van der Waals surface area contributed by atoms with E-state index in [1.807, 2.05) is 18.4 Å². The highest BCUT2D eigenvalue weighted by Gasteiger charge is 2.62. The number of alkyl halides is 3. The molecule has 2 aromatic rings. The van der Waals surface area contributed by atoms with Crippen molar-refractivity contribution in [2.45, 2.75) is 23.1 Å². The molecule has 1 aliphatic rings. The van der Waals surface area contributed by atoms with Crippen LogP contribution in [-0.4, -0.2) is 18.1 Å². The monoisotopic (exact) mass is 405 g/mol. The van der Waals surface area contributed by atoms with Crippen molar-refractivity contribution in [1.82, 2.24) is 0 Å². The standard InChI is InChI=1S/C17H12Cl2F3NOS/c1-25-14-4-2-10(3-5-14)15-9-16(24-23-15,17(20,21)22)11-6-12(18)8-13(19)7-11/h2-8H,9H2,1H3. The minimum Gasteiger partial charge on any atom is -0.374 e. The van der Waals surface area contributed by atoms with Crippen LogP contribution in [0.2, 0.25) is 10.0 Å². The first-order chi connectivity index (χ1) is 11.7. The van der Waals surface area contributed by atoms with Gasteiger partial charge in [-0.25, -0.2) is 0 Å². The van der Waals surface area contributed by atoms with E-state index in [1.165, 1.54) is 18.2 Å². The van der Waals surface area contributed by atoms with Crippen molar-refractivity contribution in [3.8, 4) is 0 Å².